The average molecular weight is 267 g/mol. The van der Waals surface area contributed by atoms with Crippen LogP contribution in [-0.4, -0.2) is 25.8 Å². The molecule has 2 rings (SSSR count). The first kappa shape index (κ1) is 15.3. The Labute approximate surface area is 119 Å². The standard InChI is InChI=1S/C17H33NO/c1-13-8-10-17(19-4,11-9-13)16(18-3)15-7-5-6-14(2)12-15/h13-16,18H,5-12H2,1-4H3. The summed E-state index contributed by atoms with van der Waals surface area (Å²) in [6.45, 7) is 4.80. The van der Waals surface area contributed by atoms with Crippen LogP contribution >= 0.6 is 0 Å². The molecule has 0 bridgehead atoms. The van der Waals surface area contributed by atoms with Crippen molar-refractivity contribution in [2.45, 2.75) is 76.9 Å². The number of hydrogen-bond acceptors (Lipinski definition) is 2. The number of nitrogens with one attached hydrogen (secondary N) is 1. The Morgan fingerprint density at radius 3 is 2.26 bits per heavy atom. The molecule has 2 aliphatic rings. The van der Waals surface area contributed by atoms with Gasteiger partial charge in [0.2, 0.25) is 0 Å². The number of likely N-dealkylation sites (N-methyl/N-ethyl adjacent to an activating group) is 1. The third kappa shape index (κ3) is 3.33. The third-order valence-electron chi connectivity index (χ3n) is 5.85. The predicted molar refractivity (Wildman–Crippen MR) is 81.3 cm³/mol. The summed E-state index contributed by atoms with van der Waals surface area (Å²) in [4.78, 5) is 0. The Bertz CT molecular complexity index is 270. The topological polar surface area (TPSA) is 21.3 Å². The van der Waals surface area contributed by atoms with Gasteiger partial charge in [0.25, 0.3) is 0 Å². The van der Waals surface area contributed by atoms with Gasteiger partial charge in [0.15, 0.2) is 0 Å². The lowest BCUT2D eigenvalue weighted by molar-refractivity contribution is -0.0916. The molecule has 3 unspecified atom stereocenters. The lowest BCUT2D eigenvalue weighted by Gasteiger charge is -2.48. The highest BCUT2D eigenvalue weighted by Crippen LogP contribution is 2.42. The van der Waals surface area contributed by atoms with Gasteiger partial charge >= 0.3 is 0 Å². The highest BCUT2D eigenvalue weighted by molar-refractivity contribution is 5.00. The van der Waals surface area contributed by atoms with Gasteiger partial charge in [-0.05, 0) is 63.3 Å². The van der Waals surface area contributed by atoms with Gasteiger partial charge in [-0.25, -0.2) is 0 Å². The second kappa shape index (κ2) is 6.58. The first-order chi connectivity index (χ1) is 9.11. The van der Waals surface area contributed by atoms with Crippen molar-refractivity contribution < 1.29 is 4.74 Å². The van der Waals surface area contributed by atoms with Crippen molar-refractivity contribution in [3.8, 4) is 0 Å². The molecule has 2 aliphatic carbocycles. The normalized spacial score (nSPS) is 42.0. The minimum atomic E-state index is 0.100. The molecule has 3 atom stereocenters. The van der Waals surface area contributed by atoms with Gasteiger partial charge in [-0.1, -0.05) is 26.7 Å². The molecule has 1 N–H and O–H groups in total. The quantitative estimate of drug-likeness (QED) is 0.831. The first-order valence-electron chi connectivity index (χ1n) is 8.33. The maximum atomic E-state index is 6.11. The maximum Gasteiger partial charge on any atom is 0.0833 e. The summed E-state index contributed by atoms with van der Waals surface area (Å²) >= 11 is 0. The lowest BCUT2D eigenvalue weighted by atomic mass is 9.67. The molecule has 112 valence electrons. The summed E-state index contributed by atoms with van der Waals surface area (Å²) in [6, 6.07) is 0.549. The van der Waals surface area contributed by atoms with Crippen molar-refractivity contribution in [1.82, 2.24) is 5.32 Å². The van der Waals surface area contributed by atoms with Crippen molar-refractivity contribution in [2.75, 3.05) is 14.2 Å². The van der Waals surface area contributed by atoms with Gasteiger partial charge in [-0.3, -0.25) is 0 Å². The van der Waals surface area contributed by atoms with E-state index in [1.165, 1.54) is 51.4 Å². The maximum absolute atomic E-state index is 6.11. The summed E-state index contributed by atoms with van der Waals surface area (Å²) < 4.78 is 6.11. The van der Waals surface area contributed by atoms with Gasteiger partial charge in [-0.2, -0.15) is 0 Å². The zero-order valence-corrected chi connectivity index (χ0v) is 13.4. The molecule has 0 heterocycles. The molecule has 0 spiro atoms. The highest BCUT2D eigenvalue weighted by atomic mass is 16.5. The molecule has 2 saturated carbocycles. The second-order valence-corrected chi connectivity index (χ2v) is 7.25. The van der Waals surface area contributed by atoms with E-state index >= 15 is 0 Å². The predicted octanol–water partition coefficient (Wildman–Crippen LogP) is 4.00. The number of rotatable bonds is 4. The SMILES string of the molecule is CNC(C1CCCC(C)C1)C1(OC)CCC(C)CC1. The number of hydrogen-bond donors (Lipinski definition) is 1. The molecule has 19 heavy (non-hydrogen) atoms. The highest BCUT2D eigenvalue weighted by Gasteiger charge is 2.44. The Morgan fingerprint density at radius 1 is 1.05 bits per heavy atom. The molecular formula is C17H33NO. The summed E-state index contributed by atoms with van der Waals surface area (Å²) in [6.07, 6.45) is 10.7. The van der Waals surface area contributed by atoms with E-state index in [1.807, 2.05) is 7.11 Å². The minimum absolute atomic E-state index is 0.100. The lowest BCUT2D eigenvalue weighted by Crippen LogP contribution is -2.57. The Balaban J connectivity index is 2.09. The smallest absolute Gasteiger partial charge is 0.0833 e. The molecule has 2 nitrogen and oxygen atoms in total. The van der Waals surface area contributed by atoms with Crippen LogP contribution < -0.4 is 5.32 Å². The molecular weight excluding hydrogens is 234 g/mol. The molecule has 0 radical (unpaired) electrons. The second-order valence-electron chi connectivity index (χ2n) is 7.25. The zero-order chi connectivity index (χ0) is 13.9. The van der Waals surface area contributed by atoms with Crippen molar-refractivity contribution in [2.24, 2.45) is 17.8 Å². The van der Waals surface area contributed by atoms with Crippen LogP contribution in [0.1, 0.15) is 65.2 Å². The van der Waals surface area contributed by atoms with Gasteiger partial charge in [0.05, 0.1) is 5.60 Å². The van der Waals surface area contributed by atoms with Gasteiger partial charge in [-0.15, -0.1) is 0 Å². The fourth-order valence-electron chi connectivity index (χ4n) is 4.60. The van der Waals surface area contributed by atoms with E-state index in [0.717, 1.165) is 17.8 Å². The van der Waals surface area contributed by atoms with Crippen LogP contribution in [0.25, 0.3) is 0 Å². The summed E-state index contributed by atoms with van der Waals surface area (Å²) in [5, 5.41) is 3.64. The Hall–Kier alpha value is -0.0800. The van der Waals surface area contributed by atoms with Crippen molar-refractivity contribution in [3.05, 3.63) is 0 Å². The van der Waals surface area contributed by atoms with Gasteiger partial charge in [0, 0.05) is 13.2 Å². The van der Waals surface area contributed by atoms with Crippen LogP contribution in [0.5, 0.6) is 0 Å². The van der Waals surface area contributed by atoms with Crippen LogP contribution in [0, 0.1) is 17.8 Å². The van der Waals surface area contributed by atoms with Crippen LogP contribution in [0.3, 0.4) is 0 Å². The number of methoxy groups -OCH3 is 1. The summed E-state index contributed by atoms with van der Waals surface area (Å²) in [7, 11) is 4.08. The average Bonchev–Trinajstić information content (AvgIpc) is 2.42. The van der Waals surface area contributed by atoms with E-state index in [4.69, 9.17) is 4.74 Å². The van der Waals surface area contributed by atoms with Gasteiger partial charge in [0.1, 0.15) is 0 Å². The molecule has 0 aliphatic heterocycles. The third-order valence-corrected chi connectivity index (χ3v) is 5.85. The Kier molecular flexibility index (Phi) is 5.30. The van der Waals surface area contributed by atoms with Crippen LogP contribution in [0.4, 0.5) is 0 Å². The molecule has 2 heteroatoms. The fourth-order valence-corrected chi connectivity index (χ4v) is 4.60. The van der Waals surface area contributed by atoms with E-state index in [9.17, 15) is 0 Å². The molecule has 0 aromatic carbocycles. The number of ether oxygens (including phenoxy) is 1. The largest absolute Gasteiger partial charge is 0.377 e. The van der Waals surface area contributed by atoms with E-state index in [2.05, 4.69) is 26.2 Å². The molecule has 0 aromatic heterocycles. The summed E-state index contributed by atoms with van der Waals surface area (Å²) in [5.74, 6) is 2.58. The molecule has 0 aromatic rings. The van der Waals surface area contributed by atoms with Crippen LogP contribution in [0.2, 0.25) is 0 Å². The van der Waals surface area contributed by atoms with Crippen molar-refractivity contribution in [3.63, 3.8) is 0 Å². The first-order valence-corrected chi connectivity index (χ1v) is 8.33. The van der Waals surface area contributed by atoms with Gasteiger partial charge < -0.3 is 10.1 Å². The molecule has 2 fully saturated rings. The van der Waals surface area contributed by atoms with Crippen LogP contribution in [0.15, 0.2) is 0 Å². The molecule has 0 saturated heterocycles. The zero-order valence-electron chi connectivity index (χ0n) is 13.4. The molecule has 0 amide bonds. The van der Waals surface area contributed by atoms with E-state index < -0.39 is 0 Å². The van der Waals surface area contributed by atoms with Crippen molar-refractivity contribution in [1.29, 1.82) is 0 Å². The fraction of sp³-hybridized carbons (Fsp3) is 1.00. The van der Waals surface area contributed by atoms with Crippen LogP contribution in [-0.2, 0) is 4.74 Å². The van der Waals surface area contributed by atoms with E-state index in [-0.39, 0.29) is 5.60 Å². The van der Waals surface area contributed by atoms with E-state index in [1.54, 1.807) is 0 Å². The minimum Gasteiger partial charge on any atom is -0.377 e. The van der Waals surface area contributed by atoms with E-state index in [0.29, 0.717) is 6.04 Å². The monoisotopic (exact) mass is 267 g/mol. The Morgan fingerprint density at radius 2 is 1.74 bits per heavy atom. The van der Waals surface area contributed by atoms with Crippen molar-refractivity contribution >= 4 is 0 Å². The summed E-state index contributed by atoms with van der Waals surface area (Å²) in [5.41, 5.74) is 0.100.